The lowest BCUT2D eigenvalue weighted by molar-refractivity contribution is 0.138. The van der Waals surface area contributed by atoms with Gasteiger partial charge in [-0.05, 0) is 21.5 Å². The lowest BCUT2D eigenvalue weighted by Crippen LogP contribution is -2.23. The summed E-state index contributed by atoms with van der Waals surface area (Å²) in [5.74, 6) is 0.554. The highest BCUT2D eigenvalue weighted by Gasteiger charge is 2.05. The van der Waals surface area contributed by atoms with Gasteiger partial charge < -0.3 is 14.6 Å². The van der Waals surface area contributed by atoms with E-state index in [1.807, 2.05) is 30.3 Å². The van der Waals surface area contributed by atoms with E-state index in [0.717, 1.165) is 5.56 Å². The maximum Gasteiger partial charge on any atom is 0.407 e. The number of hydrogen-bond acceptors (Lipinski definition) is 4. The molecule has 1 aromatic heterocycles. The molecule has 0 radical (unpaired) electrons. The average Bonchev–Trinajstić information content (AvgIpc) is 2.81. The molecule has 0 aliphatic carbocycles. The van der Waals surface area contributed by atoms with Crippen LogP contribution in [0.4, 0.5) is 4.79 Å². The van der Waals surface area contributed by atoms with Gasteiger partial charge >= 0.3 is 6.09 Å². The summed E-state index contributed by atoms with van der Waals surface area (Å²) >= 11 is 3.15. The third-order valence-electron chi connectivity index (χ3n) is 2.15. The van der Waals surface area contributed by atoms with Crippen molar-refractivity contribution in [3.05, 3.63) is 52.3 Å². The predicted octanol–water partition coefficient (Wildman–Crippen LogP) is 2.86. The molecule has 6 heteroatoms. The number of carbonyl (C=O) groups is 1. The molecule has 0 saturated heterocycles. The van der Waals surface area contributed by atoms with Crippen LogP contribution in [0.25, 0.3) is 0 Å². The summed E-state index contributed by atoms with van der Waals surface area (Å²) in [6.45, 7) is 0.485. The highest BCUT2D eigenvalue weighted by molar-refractivity contribution is 9.10. The summed E-state index contributed by atoms with van der Waals surface area (Å²) in [6, 6.07) is 11.1. The van der Waals surface area contributed by atoms with Crippen LogP contribution in [0.1, 0.15) is 11.3 Å². The number of amides is 1. The van der Waals surface area contributed by atoms with E-state index in [2.05, 4.69) is 26.4 Å². The Balaban J connectivity index is 1.73. The Bertz CT molecular complexity index is 513. The van der Waals surface area contributed by atoms with Gasteiger partial charge in [-0.25, -0.2) is 4.79 Å². The predicted molar refractivity (Wildman–Crippen MR) is 67.7 cm³/mol. The number of aromatic nitrogens is 1. The molecule has 0 aliphatic heterocycles. The number of alkyl carbamates (subject to hydrolysis) is 1. The van der Waals surface area contributed by atoms with Gasteiger partial charge in [0, 0.05) is 6.07 Å². The first-order valence-corrected chi connectivity index (χ1v) is 6.09. The van der Waals surface area contributed by atoms with Gasteiger partial charge in [0.25, 0.3) is 0 Å². The number of benzene rings is 1. The van der Waals surface area contributed by atoms with Gasteiger partial charge in [0.1, 0.15) is 11.2 Å². The Morgan fingerprint density at radius 3 is 2.83 bits per heavy atom. The molecule has 0 atom stereocenters. The van der Waals surface area contributed by atoms with Crippen molar-refractivity contribution in [1.29, 1.82) is 0 Å². The van der Waals surface area contributed by atoms with Crippen molar-refractivity contribution in [3.63, 3.8) is 0 Å². The third-order valence-corrected chi connectivity index (χ3v) is 2.52. The summed E-state index contributed by atoms with van der Waals surface area (Å²) in [5, 5.41) is 6.20. The fourth-order valence-electron chi connectivity index (χ4n) is 1.30. The number of halogens is 1. The van der Waals surface area contributed by atoms with Crippen LogP contribution in [-0.2, 0) is 17.9 Å². The second-order valence-electron chi connectivity index (χ2n) is 3.53. The third kappa shape index (κ3) is 3.89. The SMILES string of the molecule is O=C(NCc1cc(Br)no1)OCc1ccccc1. The first-order chi connectivity index (χ1) is 8.74. The monoisotopic (exact) mass is 310 g/mol. The first-order valence-electron chi connectivity index (χ1n) is 5.29. The van der Waals surface area contributed by atoms with Gasteiger partial charge in [0.15, 0.2) is 5.76 Å². The van der Waals surface area contributed by atoms with Gasteiger partial charge in [-0.2, -0.15) is 0 Å². The Labute approximate surface area is 112 Å². The molecule has 1 heterocycles. The smallest absolute Gasteiger partial charge is 0.407 e. The molecular formula is C12H11BrN2O3. The largest absolute Gasteiger partial charge is 0.445 e. The lowest BCUT2D eigenvalue weighted by atomic mass is 10.2. The van der Waals surface area contributed by atoms with Crippen LogP contribution >= 0.6 is 15.9 Å². The highest BCUT2D eigenvalue weighted by Crippen LogP contribution is 2.09. The maximum absolute atomic E-state index is 11.4. The number of rotatable bonds is 4. The van der Waals surface area contributed by atoms with Crippen LogP contribution in [0.15, 0.2) is 45.5 Å². The summed E-state index contributed by atoms with van der Waals surface area (Å²) in [4.78, 5) is 11.4. The zero-order valence-electron chi connectivity index (χ0n) is 9.43. The molecule has 1 amide bonds. The van der Waals surface area contributed by atoms with E-state index >= 15 is 0 Å². The summed E-state index contributed by atoms with van der Waals surface area (Å²) in [6.07, 6.45) is -0.494. The number of carbonyl (C=O) groups excluding carboxylic acids is 1. The molecule has 0 bridgehead atoms. The lowest BCUT2D eigenvalue weighted by Gasteiger charge is -2.05. The maximum atomic E-state index is 11.4. The van der Waals surface area contributed by atoms with Crippen LogP contribution in [0, 0.1) is 0 Å². The van der Waals surface area contributed by atoms with E-state index in [1.165, 1.54) is 0 Å². The second kappa shape index (κ2) is 6.20. The summed E-state index contributed by atoms with van der Waals surface area (Å²) in [5.41, 5.74) is 0.940. The van der Waals surface area contributed by atoms with E-state index in [4.69, 9.17) is 9.26 Å². The fourth-order valence-corrected chi connectivity index (χ4v) is 1.63. The molecule has 0 fully saturated rings. The minimum Gasteiger partial charge on any atom is -0.445 e. The Hall–Kier alpha value is -1.82. The quantitative estimate of drug-likeness (QED) is 0.943. The van der Waals surface area contributed by atoms with Gasteiger partial charge in [-0.3, -0.25) is 0 Å². The van der Waals surface area contributed by atoms with Crippen molar-refractivity contribution in [3.8, 4) is 0 Å². The topological polar surface area (TPSA) is 64.4 Å². The number of nitrogens with zero attached hydrogens (tertiary/aromatic N) is 1. The van der Waals surface area contributed by atoms with Crippen molar-refractivity contribution in [1.82, 2.24) is 10.5 Å². The molecule has 0 spiro atoms. The van der Waals surface area contributed by atoms with E-state index in [-0.39, 0.29) is 13.2 Å². The fraction of sp³-hybridized carbons (Fsp3) is 0.167. The molecule has 0 aliphatic rings. The van der Waals surface area contributed by atoms with Gasteiger partial charge in [-0.1, -0.05) is 35.5 Å². The highest BCUT2D eigenvalue weighted by atomic mass is 79.9. The second-order valence-corrected chi connectivity index (χ2v) is 4.34. The zero-order valence-corrected chi connectivity index (χ0v) is 11.0. The summed E-state index contributed by atoms with van der Waals surface area (Å²) in [7, 11) is 0. The van der Waals surface area contributed by atoms with E-state index in [0.29, 0.717) is 10.4 Å². The Morgan fingerprint density at radius 2 is 2.17 bits per heavy atom. The van der Waals surface area contributed by atoms with Crippen LogP contribution in [0.5, 0.6) is 0 Å². The average molecular weight is 311 g/mol. The minimum absolute atomic E-state index is 0.242. The zero-order chi connectivity index (χ0) is 12.8. The van der Waals surface area contributed by atoms with E-state index in [9.17, 15) is 4.79 Å². The van der Waals surface area contributed by atoms with Crippen molar-refractivity contribution < 1.29 is 14.1 Å². The van der Waals surface area contributed by atoms with Crippen molar-refractivity contribution in [2.45, 2.75) is 13.2 Å². The Morgan fingerprint density at radius 1 is 1.39 bits per heavy atom. The molecule has 0 saturated carbocycles. The van der Waals surface area contributed by atoms with E-state index < -0.39 is 6.09 Å². The Kier molecular flexibility index (Phi) is 4.35. The first kappa shape index (κ1) is 12.6. The standard InChI is InChI=1S/C12H11BrN2O3/c13-11-6-10(18-15-11)7-14-12(16)17-8-9-4-2-1-3-5-9/h1-6H,7-8H2,(H,14,16). The molecule has 1 aromatic carbocycles. The van der Waals surface area contributed by atoms with Crippen LogP contribution < -0.4 is 5.32 Å². The van der Waals surface area contributed by atoms with Crippen molar-refractivity contribution >= 4 is 22.0 Å². The number of nitrogens with one attached hydrogen (secondary N) is 1. The van der Waals surface area contributed by atoms with Crippen LogP contribution in [0.2, 0.25) is 0 Å². The van der Waals surface area contributed by atoms with Gasteiger partial charge in [-0.15, -0.1) is 0 Å². The minimum atomic E-state index is -0.494. The molecule has 2 aromatic rings. The number of hydrogen-bond donors (Lipinski definition) is 1. The van der Waals surface area contributed by atoms with Crippen molar-refractivity contribution in [2.75, 3.05) is 0 Å². The van der Waals surface area contributed by atoms with Crippen molar-refractivity contribution in [2.24, 2.45) is 0 Å². The molecule has 18 heavy (non-hydrogen) atoms. The molecule has 5 nitrogen and oxygen atoms in total. The number of ether oxygens (including phenoxy) is 1. The molecule has 0 unspecified atom stereocenters. The normalized spacial score (nSPS) is 10.1. The summed E-state index contributed by atoms with van der Waals surface area (Å²) < 4.78 is 10.5. The van der Waals surface area contributed by atoms with Crippen LogP contribution in [0.3, 0.4) is 0 Å². The molecule has 2 rings (SSSR count). The van der Waals surface area contributed by atoms with Gasteiger partial charge in [0.2, 0.25) is 0 Å². The molecule has 1 N–H and O–H groups in total. The van der Waals surface area contributed by atoms with Gasteiger partial charge in [0.05, 0.1) is 6.54 Å². The van der Waals surface area contributed by atoms with Crippen LogP contribution in [-0.4, -0.2) is 11.2 Å². The molecule has 94 valence electrons. The molecular weight excluding hydrogens is 300 g/mol. The van der Waals surface area contributed by atoms with E-state index in [1.54, 1.807) is 6.07 Å².